The second kappa shape index (κ2) is 7.62. The monoisotopic (exact) mass is 331 g/mol. The Kier molecular flexibility index (Phi) is 5.80. The van der Waals surface area contributed by atoms with E-state index in [1.54, 1.807) is 19.1 Å². The zero-order chi connectivity index (χ0) is 17.0. The molecule has 2 rings (SSSR count). The third-order valence-corrected chi connectivity index (χ3v) is 4.01. The van der Waals surface area contributed by atoms with E-state index in [1.807, 2.05) is 56.3 Å². The lowest BCUT2D eigenvalue weighted by molar-refractivity contribution is -0.121. The smallest absolute Gasteiger partial charge is 0.229 e. The zero-order valence-electron chi connectivity index (χ0n) is 14.0. The van der Waals surface area contributed by atoms with Crippen LogP contribution in [-0.4, -0.2) is 20.1 Å². The largest absolute Gasteiger partial charge is 0.380 e. The van der Waals surface area contributed by atoms with Crippen molar-refractivity contribution in [3.63, 3.8) is 0 Å². The second-order valence-corrected chi connectivity index (χ2v) is 6.27. The summed E-state index contributed by atoms with van der Waals surface area (Å²) in [5.41, 5.74) is 4.06. The molecule has 1 amide bonds. The average Bonchev–Trinajstić information content (AvgIpc) is 2.54. The van der Waals surface area contributed by atoms with E-state index in [2.05, 4.69) is 0 Å². The SMILES string of the molecule is COCc1cc(N(C)C(=O)C(C)C)ccc1-c1ccc(Cl)cc1. The lowest BCUT2D eigenvalue weighted by Crippen LogP contribution is -2.30. The van der Waals surface area contributed by atoms with E-state index in [-0.39, 0.29) is 11.8 Å². The topological polar surface area (TPSA) is 29.5 Å². The number of methoxy groups -OCH3 is 1. The summed E-state index contributed by atoms with van der Waals surface area (Å²) in [6, 6.07) is 13.7. The van der Waals surface area contributed by atoms with Crippen molar-refractivity contribution >= 4 is 23.2 Å². The van der Waals surface area contributed by atoms with Gasteiger partial charge < -0.3 is 9.64 Å². The summed E-state index contributed by atoms with van der Waals surface area (Å²) < 4.78 is 5.33. The van der Waals surface area contributed by atoms with Crippen LogP contribution in [0.1, 0.15) is 19.4 Å². The number of hydrogen-bond donors (Lipinski definition) is 0. The molecule has 0 bridgehead atoms. The van der Waals surface area contributed by atoms with E-state index in [4.69, 9.17) is 16.3 Å². The Balaban J connectivity index is 2.42. The van der Waals surface area contributed by atoms with Crippen LogP contribution in [0.4, 0.5) is 5.69 Å². The van der Waals surface area contributed by atoms with Gasteiger partial charge in [0.25, 0.3) is 0 Å². The Morgan fingerprint density at radius 1 is 1.17 bits per heavy atom. The molecule has 2 aromatic carbocycles. The average molecular weight is 332 g/mol. The van der Waals surface area contributed by atoms with Crippen molar-refractivity contribution in [2.75, 3.05) is 19.1 Å². The van der Waals surface area contributed by atoms with Crippen molar-refractivity contribution in [2.45, 2.75) is 20.5 Å². The van der Waals surface area contributed by atoms with Crippen molar-refractivity contribution in [3.05, 3.63) is 53.1 Å². The molecule has 4 heteroatoms. The normalized spacial score (nSPS) is 10.9. The number of hydrogen-bond acceptors (Lipinski definition) is 2. The van der Waals surface area contributed by atoms with E-state index < -0.39 is 0 Å². The van der Waals surface area contributed by atoms with Crippen LogP contribution in [0.25, 0.3) is 11.1 Å². The first-order valence-corrected chi connectivity index (χ1v) is 7.97. The summed E-state index contributed by atoms with van der Waals surface area (Å²) in [5, 5.41) is 0.709. The molecule has 0 saturated carbocycles. The second-order valence-electron chi connectivity index (χ2n) is 5.83. The van der Waals surface area contributed by atoms with Crippen molar-refractivity contribution in [2.24, 2.45) is 5.92 Å². The number of anilines is 1. The zero-order valence-corrected chi connectivity index (χ0v) is 14.7. The van der Waals surface area contributed by atoms with E-state index in [9.17, 15) is 4.79 Å². The third-order valence-electron chi connectivity index (χ3n) is 3.76. The molecule has 0 N–H and O–H groups in total. The number of carbonyl (C=O) groups excluding carboxylic acids is 1. The molecule has 0 saturated heterocycles. The van der Waals surface area contributed by atoms with Gasteiger partial charge in [-0.1, -0.05) is 43.6 Å². The molecular formula is C19H22ClNO2. The first-order chi connectivity index (χ1) is 10.9. The molecule has 2 aromatic rings. The van der Waals surface area contributed by atoms with Crippen LogP contribution in [0, 0.1) is 5.92 Å². The number of ether oxygens (including phenoxy) is 1. The van der Waals surface area contributed by atoms with Crippen molar-refractivity contribution in [1.29, 1.82) is 0 Å². The molecule has 0 aliphatic carbocycles. The van der Waals surface area contributed by atoms with Gasteiger partial charge in [0.05, 0.1) is 6.61 Å². The Labute approximate surface area is 142 Å². The van der Waals surface area contributed by atoms with Gasteiger partial charge in [0.15, 0.2) is 0 Å². The van der Waals surface area contributed by atoms with Gasteiger partial charge in [-0.15, -0.1) is 0 Å². The Bertz CT molecular complexity index is 680. The summed E-state index contributed by atoms with van der Waals surface area (Å²) in [5.74, 6) is 0.0504. The maximum absolute atomic E-state index is 12.2. The highest BCUT2D eigenvalue weighted by molar-refractivity contribution is 6.30. The van der Waals surface area contributed by atoms with Gasteiger partial charge in [-0.2, -0.15) is 0 Å². The van der Waals surface area contributed by atoms with Crippen LogP contribution in [0.2, 0.25) is 5.02 Å². The molecule has 0 heterocycles. The molecule has 0 fully saturated rings. The van der Waals surface area contributed by atoms with Crippen molar-refractivity contribution in [1.82, 2.24) is 0 Å². The van der Waals surface area contributed by atoms with E-state index in [1.165, 1.54) is 0 Å². The lowest BCUT2D eigenvalue weighted by Gasteiger charge is -2.21. The first kappa shape index (κ1) is 17.5. The van der Waals surface area contributed by atoms with Crippen molar-refractivity contribution < 1.29 is 9.53 Å². The minimum atomic E-state index is -0.0400. The minimum Gasteiger partial charge on any atom is -0.380 e. The number of nitrogens with zero attached hydrogens (tertiary/aromatic N) is 1. The fourth-order valence-electron chi connectivity index (χ4n) is 2.49. The minimum absolute atomic E-state index is 0.0400. The Morgan fingerprint density at radius 3 is 2.39 bits per heavy atom. The molecule has 122 valence electrons. The van der Waals surface area contributed by atoms with Crippen molar-refractivity contribution in [3.8, 4) is 11.1 Å². The van der Waals surface area contributed by atoms with E-state index in [0.29, 0.717) is 11.6 Å². The van der Waals surface area contributed by atoms with Crippen LogP contribution in [0.5, 0.6) is 0 Å². The van der Waals surface area contributed by atoms with Gasteiger partial charge in [-0.05, 0) is 41.0 Å². The van der Waals surface area contributed by atoms with E-state index in [0.717, 1.165) is 22.4 Å². The highest BCUT2D eigenvalue weighted by Gasteiger charge is 2.16. The maximum Gasteiger partial charge on any atom is 0.229 e. The van der Waals surface area contributed by atoms with Crippen LogP contribution in [0.15, 0.2) is 42.5 Å². The van der Waals surface area contributed by atoms with Crippen LogP contribution >= 0.6 is 11.6 Å². The molecule has 0 atom stereocenters. The molecule has 23 heavy (non-hydrogen) atoms. The highest BCUT2D eigenvalue weighted by atomic mass is 35.5. The van der Waals surface area contributed by atoms with Crippen LogP contribution in [0.3, 0.4) is 0 Å². The highest BCUT2D eigenvalue weighted by Crippen LogP contribution is 2.29. The fraction of sp³-hybridized carbons (Fsp3) is 0.316. The molecule has 0 radical (unpaired) electrons. The third kappa shape index (κ3) is 4.12. The Hall–Kier alpha value is -1.84. The Morgan fingerprint density at radius 2 is 1.83 bits per heavy atom. The number of benzene rings is 2. The van der Waals surface area contributed by atoms with Gasteiger partial charge in [-0.25, -0.2) is 0 Å². The van der Waals surface area contributed by atoms with Crippen LogP contribution < -0.4 is 4.90 Å². The molecule has 3 nitrogen and oxygen atoms in total. The molecule has 0 spiro atoms. The molecule has 0 unspecified atom stereocenters. The number of rotatable bonds is 5. The lowest BCUT2D eigenvalue weighted by atomic mass is 9.99. The summed E-state index contributed by atoms with van der Waals surface area (Å²) in [7, 11) is 3.47. The predicted molar refractivity (Wildman–Crippen MR) is 95.8 cm³/mol. The molecular weight excluding hydrogens is 310 g/mol. The van der Waals surface area contributed by atoms with Gasteiger partial charge in [-0.3, -0.25) is 4.79 Å². The van der Waals surface area contributed by atoms with Gasteiger partial charge in [0.1, 0.15) is 0 Å². The fourth-order valence-corrected chi connectivity index (χ4v) is 2.62. The van der Waals surface area contributed by atoms with E-state index >= 15 is 0 Å². The molecule has 0 aliphatic rings. The van der Waals surface area contributed by atoms with Gasteiger partial charge in [0.2, 0.25) is 5.91 Å². The summed E-state index contributed by atoms with van der Waals surface area (Å²) in [6.45, 7) is 4.28. The summed E-state index contributed by atoms with van der Waals surface area (Å²) >= 11 is 5.96. The molecule has 0 aromatic heterocycles. The van der Waals surface area contributed by atoms with Gasteiger partial charge >= 0.3 is 0 Å². The maximum atomic E-state index is 12.2. The standard InChI is InChI=1S/C19H22ClNO2/c1-13(2)19(22)21(3)17-9-10-18(15(11-17)12-23-4)14-5-7-16(20)8-6-14/h5-11,13H,12H2,1-4H3. The van der Waals surface area contributed by atoms with Crippen LogP contribution in [-0.2, 0) is 16.1 Å². The summed E-state index contributed by atoms with van der Waals surface area (Å²) in [4.78, 5) is 13.9. The quantitative estimate of drug-likeness (QED) is 0.789. The summed E-state index contributed by atoms with van der Waals surface area (Å²) in [6.07, 6.45) is 0. The predicted octanol–water partition coefficient (Wildman–Crippen LogP) is 4.77. The number of carbonyl (C=O) groups is 1. The number of halogens is 1. The number of amides is 1. The van der Waals surface area contributed by atoms with Gasteiger partial charge in [0, 0.05) is 30.8 Å². The molecule has 0 aliphatic heterocycles. The first-order valence-electron chi connectivity index (χ1n) is 7.59.